The third kappa shape index (κ3) is 4.21. The Morgan fingerprint density at radius 1 is 1.16 bits per heavy atom. The molecule has 1 N–H and O–H groups in total. The monoisotopic (exact) mass is 372 g/mol. The molecule has 1 aromatic heterocycles. The first-order valence-corrected chi connectivity index (χ1v) is 9.04. The van der Waals surface area contributed by atoms with Crippen LogP contribution in [0, 0.1) is 6.92 Å². The van der Waals surface area contributed by atoms with E-state index < -0.39 is 0 Å². The highest BCUT2D eigenvalue weighted by Gasteiger charge is 2.14. The zero-order chi connectivity index (χ0) is 17.8. The second kappa shape index (κ2) is 7.72. The molecule has 1 heterocycles. The fourth-order valence-electron chi connectivity index (χ4n) is 2.36. The quantitative estimate of drug-likeness (QED) is 0.683. The third-order valence-electron chi connectivity index (χ3n) is 3.68. The van der Waals surface area contributed by atoms with E-state index in [1.54, 1.807) is 24.3 Å². The van der Waals surface area contributed by atoms with E-state index in [0.29, 0.717) is 15.9 Å². The van der Waals surface area contributed by atoms with E-state index in [2.05, 4.69) is 15.5 Å². The number of hydrogen-bond donors (Lipinski definition) is 1. The van der Waals surface area contributed by atoms with E-state index >= 15 is 0 Å². The van der Waals surface area contributed by atoms with E-state index in [9.17, 15) is 4.79 Å². The van der Waals surface area contributed by atoms with Gasteiger partial charge in [0.05, 0.1) is 5.75 Å². The van der Waals surface area contributed by atoms with Gasteiger partial charge in [-0.3, -0.25) is 4.79 Å². The first-order chi connectivity index (χ1) is 12.0. The first kappa shape index (κ1) is 17.5. The minimum atomic E-state index is -0.104. The number of anilines is 1. The Morgan fingerprint density at radius 3 is 2.60 bits per heavy atom. The molecule has 0 aliphatic rings. The topological polar surface area (TPSA) is 59.8 Å². The summed E-state index contributed by atoms with van der Waals surface area (Å²) in [7, 11) is 1.90. The van der Waals surface area contributed by atoms with Crippen LogP contribution >= 0.6 is 23.4 Å². The van der Waals surface area contributed by atoms with Gasteiger partial charge < -0.3 is 9.88 Å². The van der Waals surface area contributed by atoms with Gasteiger partial charge >= 0.3 is 0 Å². The Labute approximate surface area is 155 Å². The van der Waals surface area contributed by atoms with Crippen molar-refractivity contribution < 1.29 is 4.79 Å². The van der Waals surface area contributed by atoms with Crippen LogP contribution in [0.4, 0.5) is 5.69 Å². The van der Waals surface area contributed by atoms with Crippen molar-refractivity contribution in [2.75, 3.05) is 11.1 Å². The van der Waals surface area contributed by atoms with Crippen LogP contribution in [-0.4, -0.2) is 26.4 Å². The number of aryl methyl sites for hydroxylation is 1. The first-order valence-electron chi connectivity index (χ1n) is 7.68. The van der Waals surface area contributed by atoms with Crippen LogP contribution in [0.25, 0.3) is 11.4 Å². The van der Waals surface area contributed by atoms with Crippen LogP contribution in [-0.2, 0) is 11.8 Å². The number of thioether (sulfide) groups is 1. The van der Waals surface area contributed by atoms with E-state index in [4.69, 9.17) is 11.6 Å². The van der Waals surface area contributed by atoms with Gasteiger partial charge in [0.1, 0.15) is 0 Å². The molecule has 1 amide bonds. The molecule has 0 aliphatic heterocycles. The molecule has 5 nitrogen and oxygen atoms in total. The molecule has 2 aromatic carbocycles. The molecule has 3 aromatic rings. The second-order valence-corrected chi connectivity index (χ2v) is 6.90. The van der Waals surface area contributed by atoms with Gasteiger partial charge in [-0.25, -0.2) is 0 Å². The van der Waals surface area contributed by atoms with Gasteiger partial charge in [-0.15, -0.1) is 10.2 Å². The van der Waals surface area contributed by atoms with E-state index in [-0.39, 0.29) is 11.7 Å². The Balaban J connectivity index is 1.65. The highest BCUT2D eigenvalue weighted by atomic mass is 35.5. The van der Waals surface area contributed by atoms with Crippen LogP contribution in [0.3, 0.4) is 0 Å². The SMILES string of the molecule is Cc1ccccc1-c1nnc(SCC(=O)Nc2ccc(Cl)cc2)n1C. The van der Waals surface area contributed by atoms with E-state index in [0.717, 1.165) is 17.0 Å². The molecule has 0 spiro atoms. The molecule has 0 aliphatic carbocycles. The predicted octanol–water partition coefficient (Wildman–Crippen LogP) is 4.17. The summed E-state index contributed by atoms with van der Waals surface area (Å²) in [6.07, 6.45) is 0. The van der Waals surface area contributed by atoms with Crippen LogP contribution in [0.5, 0.6) is 0 Å². The lowest BCUT2D eigenvalue weighted by atomic mass is 10.1. The standard InChI is InChI=1S/C18H17ClN4OS/c1-12-5-3-4-6-15(12)17-21-22-18(23(17)2)25-11-16(24)20-14-9-7-13(19)8-10-14/h3-10H,11H2,1-2H3,(H,20,24). The fraction of sp³-hybridized carbons (Fsp3) is 0.167. The number of nitrogens with one attached hydrogen (secondary N) is 1. The predicted molar refractivity (Wildman–Crippen MR) is 102 cm³/mol. The van der Waals surface area contributed by atoms with Crippen molar-refractivity contribution >= 4 is 35.0 Å². The van der Waals surface area contributed by atoms with Gasteiger partial charge in [-0.05, 0) is 36.8 Å². The summed E-state index contributed by atoms with van der Waals surface area (Å²) in [5, 5.41) is 12.6. The van der Waals surface area contributed by atoms with Gasteiger partial charge in [0, 0.05) is 23.3 Å². The Hall–Kier alpha value is -2.31. The Morgan fingerprint density at radius 2 is 1.88 bits per heavy atom. The highest BCUT2D eigenvalue weighted by Crippen LogP contribution is 2.25. The van der Waals surface area contributed by atoms with Gasteiger partial charge in [-0.2, -0.15) is 0 Å². The summed E-state index contributed by atoms with van der Waals surface area (Å²) in [6, 6.07) is 15.0. The molecule has 0 fully saturated rings. The Bertz CT molecular complexity index is 892. The van der Waals surface area contributed by atoms with Gasteiger partial charge in [-0.1, -0.05) is 47.6 Å². The van der Waals surface area contributed by atoms with E-state index in [1.807, 2.05) is 42.8 Å². The zero-order valence-corrected chi connectivity index (χ0v) is 15.4. The Kier molecular flexibility index (Phi) is 5.40. The largest absolute Gasteiger partial charge is 0.325 e. The summed E-state index contributed by atoms with van der Waals surface area (Å²) >= 11 is 7.19. The van der Waals surface area contributed by atoms with Crippen molar-refractivity contribution in [2.45, 2.75) is 12.1 Å². The fourth-order valence-corrected chi connectivity index (χ4v) is 3.20. The minimum Gasteiger partial charge on any atom is -0.325 e. The van der Waals surface area contributed by atoms with Crippen molar-refractivity contribution in [2.24, 2.45) is 7.05 Å². The van der Waals surface area contributed by atoms with Crippen molar-refractivity contribution in [3.8, 4) is 11.4 Å². The molecule has 128 valence electrons. The number of carbonyl (C=O) groups excluding carboxylic acids is 1. The lowest BCUT2D eigenvalue weighted by Gasteiger charge is -2.07. The van der Waals surface area contributed by atoms with Gasteiger partial charge in [0.25, 0.3) is 0 Å². The average Bonchev–Trinajstić information content (AvgIpc) is 2.96. The molecule has 0 atom stereocenters. The van der Waals surface area contributed by atoms with Crippen LogP contribution in [0.15, 0.2) is 53.7 Å². The molecule has 0 saturated heterocycles. The van der Waals surface area contributed by atoms with Crippen LogP contribution < -0.4 is 5.32 Å². The maximum Gasteiger partial charge on any atom is 0.234 e. The number of benzene rings is 2. The summed E-state index contributed by atoms with van der Waals surface area (Å²) in [6.45, 7) is 2.04. The number of nitrogens with zero attached hydrogens (tertiary/aromatic N) is 3. The van der Waals surface area contributed by atoms with Crippen molar-refractivity contribution in [1.82, 2.24) is 14.8 Å². The lowest BCUT2D eigenvalue weighted by molar-refractivity contribution is -0.113. The number of amides is 1. The molecule has 0 bridgehead atoms. The molecule has 25 heavy (non-hydrogen) atoms. The highest BCUT2D eigenvalue weighted by molar-refractivity contribution is 7.99. The number of rotatable bonds is 5. The number of aromatic nitrogens is 3. The maximum atomic E-state index is 12.1. The molecule has 0 radical (unpaired) electrons. The third-order valence-corrected chi connectivity index (χ3v) is 4.95. The van der Waals surface area contributed by atoms with Crippen molar-refractivity contribution in [1.29, 1.82) is 0 Å². The summed E-state index contributed by atoms with van der Waals surface area (Å²) in [5.41, 5.74) is 2.89. The van der Waals surface area contributed by atoms with Gasteiger partial charge in [0.15, 0.2) is 11.0 Å². The average molecular weight is 373 g/mol. The number of halogens is 1. The summed E-state index contributed by atoms with van der Waals surface area (Å²) < 4.78 is 1.91. The molecule has 3 rings (SSSR count). The normalized spacial score (nSPS) is 10.7. The number of hydrogen-bond acceptors (Lipinski definition) is 4. The molecule has 0 saturated carbocycles. The summed E-state index contributed by atoms with van der Waals surface area (Å²) in [5.74, 6) is 0.939. The second-order valence-electron chi connectivity index (χ2n) is 5.52. The minimum absolute atomic E-state index is 0.104. The number of carbonyl (C=O) groups is 1. The summed E-state index contributed by atoms with van der Waals surface area (Å²) in [4.78, 5) is 12.1. The molecular formula is C18H17ClN4OS. The molecular weight excluding hydrogens is 356 g/mol. The van der Waals surface area contributed by atoms with Crippen molar-refractivity contribution in [3.63, 3.8) is 0 Å². The van der Waals surface area contributed by atoms with Crippen LogP contribution in [0.1, 0.15) is 5.56 Å². The molecule has 0 unspecified atom stereocenters. The van der Waals surface area contributed by atoms with Crippen LogP contribution in [0.2, 0.25) is 5.02 Å². The van der Waals surface area contributed by atoms with Crippen molar-refractivity contribution in [3.05, 3.63) is 59.1 Å². The molecule has 7 heteroatoms. The zero-order valence-electron chi connectivity index (χ0n) is 13.9. The lowest BCUT2D eigenvalue weighted by Crippen LogP contribution is -2.14. The maximum absolute atomic E-state index is 12.1. The van der Waals surface area contributed by atoms with E-state index in [1.165, 1.54) is 11.8 Å². The van der Waals surface area contributed by atoms with Gasteiger partial charge in [0.2, 0.25) is 5.91 Å². The smallest absolute Gasteiger partial charge is 0.234 e.